The number of hydrogen-bond acceptors (Lipinski definition) is 5. The van der Waals surface area contributed by atoms with Crippen LogP contribution in [-0.2, 0) is 10.0 Å². The molecule has 0 saturated carbocycles. The smallest absolute Gasteiger partial charge is 0.208 e. The molecule has 7 heteroatoms. The average Bonchev–Trinajstić information content (AvgIpc) is 2.21. The average molecular weight is 254 g/mol. The molecule has 0 aromatic carbocycles. The van der Waals surface area contributed by atoms with Gasteiger partial charge in [0.25, 0.3) is 0 Å². The molecule has 0 spiro atoms. The molecule has 0 bridgehead atoms. The summed E-state index contributed by atoms with van der Waals surface area (Å²) in [4.78, 5) is 0. The largest absolute Gasteiger partial charge is 0.396 e. The molecule has 0 atom stereocenters. The second-order valence-corrected chi connectivity index (χ2v) is 6.16. The van der Waals surface area contributed by atoms with Gasteiger partial charge in [0.2, 0.25) is 10.0 Å². The number of hydrogen-bond donors (Lipinski definition) is 4. The van der Waals surface area contributed by atoms with E-state index in [1.807, 2.05) is 0 Å². The van der Waals surface area contributed by atoms with E-state index in [2.05, 4.69) is 10.0 Å². The summed E-state index contributed by atoms with van der Waals surface area (Å²) in [5.74, 6) is 0. The van der Waals surface area contributed by atoms with Crippen LogP contribution < -0.4 is 10.0 Å². The third-order valence-corrected chi connectivity index (χ3v) is 2.94. The summed E-state index contributed by atoms with van der Waals surface area (Å²) in [5, 5.41) is 21.1. The molecule has 16 heavy (non-hydrogen) atoms. The first kappa shape index (κ1) is 15.8. The predicted octanol–water partition coefficient (Wildman–Crippen LogP) is -1.49. The lowest BCUT2D eigenvalue weighted by atomic mass is 9.93. The Morgan fingerprint density at radius 3 is 2.19 bits per heavy atom. The molecule has 0 aromatic rings. The molecule has 6 nitrogen and oxygen atoms in total. The topological polar surface area (TPSA) is 98.7 Å². The van der Waals surface area contributed by atoms with Crippen molar-refractivity contribution in [2.75, 3.05) is 39.1 Å². The SMILES string of the molecule is CC(CO)(CO)CNCCCNS(C)(=O)=O. The molecule has 0 aliphatic carbocycles. The van der Waals surface area contributed by atoms with Gasteiger partial charge in [-0.05, 0) is 13.0 Å². The van der Waals surface area contributed by atoms with Crippen LogP contribution in [0.4, 0.5) is 0 Å². The van der Waals surface area contributed by atoms with Crippen molar-refractivity contribution in [2.45, 2.75) is 13.3 Å². The lowest BCUT2D eigenvalue weighted by Crippen LogP contribution is -2.38. The lowest BCUT2D eigenvalue weighted by Gasteiger charge is -2.24. The van der Waals surface area contributed by atoms with Gasteiger partial charge < -0.3 is 15.5 Å². The summed E-state index contributed by atoms with van der Waals surface area (Å²) in [6.45, 7) is 3.13. The zero-order valence-corrected chi connectivity index (χ0v) is 10.7. The molecule has 0 heterocycles. The van der Waals surface area contributed by atoms with Crippen LogP contribution in [0.2, 0.25) is 0 Å². The van der Waals surface area contributed by atoms with Gasteiger partial charge in [-0.25, -0.2) is 13.1 Å². The maximum atomic E-state index is 10.7. The number of rotatable bonds is 9. The molecule has 0 unspecified atom stereocenters. The fourth-order valence-electron chi connectivity index (χ4n) is 1.02. The van der Waals surface area contributed by atoms with Crippen LogP contribution in [0.5, 0.6) is 0 Å². The Morgan fingerprint density at radius 2 is 1.75 bits per heavy atom. The van der Waals surface area contributed by atoms with Gasteiger partial charge in [-0.2, -0.15) is 0 Å². The number of aliphatic hydroxyl groups is 2. The highest BCUT2D eigenvalue weighted by molar-refractivity contribution is 7.88. The van der Waals surface area contributed by atoms with Crippen molar-refractivity contribution in [3.05, 3.63) is 0 Å². The van der Waals surface area contributed by atoms with Crippen molar-refractivity contribution in [3.8, 4) is 0 Å². The van der Waals surface area contributed by atoms with E-state index in [0.29, 0.717) is 26.1 Å². The third kappa shape index (κ3) is 8.00. The van der Waals surface area contributed by atoms with Crippen LogP contribution in [0.3, 0.4) is 0 Å². The molecule has 0 aliphatic heterocycles. The van der Waals surface area contributed by atoms with Crippen molar-refractivity contribution in [3.63, 3.8) is 0 Å². The van der Waals surface area contributed by atoms with Crippen LogP contribution in [-0.4, -0.2) is 57.7 Å². The first-order chi connectivity index (χ1) is 7.33. The van der Waals surface area contributed by atoms with Crippen molar-refractivity contribution in [1.82, 2.24) is 10.0 Å². The van der Waals surface area contributed by atoms with E-state index in [0.717, 1.165) is 6.26 Å². The second-order valence-electron chi connectivity index (χ2n) is 4.32. The van der Waals surface area contributed by atoms with Gasteiger partial charge in [-0.15, -0.1) is 0 Å². The fourth-order valence-corrected chi connectivity index (χ4v) is 1.54. The highest BCUT2D eigenvalue weighted by atomic mass is 32.2. The van der Waals surface area contributed by atoms with Crippen molar-refractivity contribution >= 4 is 10.0 Å². The van der Waals surface area contributed by atoms with E-state index < -0.39 is 15.4 Å². The Kier molecular flexibility index (Phi) is 7.09. The van der Waals surface area contributed by atoms with E-state index in [-0.39, 0.29) is 13.2 Å². The second kappa shape index (κ2) is 7.18. The maximum absolute atomic E-state index is 10.7. The van der Waals surface area contributed by atoms with Gasteiger partial charge in [0.15, 0.2) is 0 Å². The summed E-state index contributed by atoms with van der Waals surface area (Å²) in [5.41, 5.74) is -0.524. The highest BCUT2D eigenvalue weighted by Crippen LogP contribution is 2.11. The molecular weight excluding hydrogens is 232 g/mol. The van der Waals surface area contributed by atoms with Crippen molar-refractivity contribution in [1.29, 1.82) is 0 Å². The van der Waals surface area contributed by atoms with Crippen LogP contribution in [0, 0.1) is 5.41 Å². The van der Waals surface area contributed by atoms with Crippen molar-refractivity contribution in [2.24, 2.45) is 5.41 Å². The van der Waals surface area contributed by atoms with E-state index in [9.17, 15) is 8.42 Å². The van der Waals surface area contributed by atoms with Gasteiger partial charge in [0.1, 0.15) is 0 Å². The quantitative estimate of drug-likeness (QED) is 0.376. The highest BCUT2D eigenvalue weighted by Gasteiger charge is 2.21. The molecule has 0 aromatic heterocycles. The van der Waals surface area contributed by atoms with E-state index in [1.54, 1.807) is 6.92 Å². The summed E-state index contributed by atoms with van der Waals surface area (Å²) in [6, 6.07) is 0. The zero-order valence-electron chi connectivity index (χ0n) is 9.86. The Bertz CT molecular complexity index is 275. The summed E-state index contributed by atoms with van der Waals surface area (Å²) in [7, 11) is -3.11. The number of aliphatic hydroxyl groups excluding tert-OH is 2. The standard InChI is InChI=1S/C9H22N2O4S/c1-9(7-12,8-13)6-10-4-3-5-11-16(2,14)15/h10-13H,3-8H2,1-2H3. The van der Waals surface area contributed by atoms with E-state index in [1.165, 1.54) is 0 Å². The molecule has 0 saturated heterocycles. The Labute approximate surface area is 97.1 Å². The molecule has 0 rings (SSSR count). The predicted molar refractivity (Wildman–Crippen MR) is 62.6 cm³/mol. The van der Waals surface area contributed by atoms with Gasteiger partial charge in [-0.1, -0.05) is 6.92 Å². The monoisotopic (exact) mass is 254 g/mol. The van der Waals surface area contributed by atoms with E-state index in [4.69, 9.17) is 10.2 Å². The first-order valence-electron chi connectivity index (χ1n) is 5.20. The molecule has 0 fully saturated rings. The van der Waals surface area contributed by atoms with Crippen LogP contribution in [0.1, 0.15) is 13.3 Å². The molecular formula is C9H22N2O4S. The zero-order chi connectivity index (χ0) is 12.7. The summed E-state index contributed by atoms with van der Waals surface area (Å²) >= 11 is 0. The van der Waals surface area contributed by atoms with Crippen LogP contribution in [0.15, 0.2) is 0 Å². The molecule has 4 N–H and O–H groups in total. The normalized spacial score (nSPS) is 13.0. The van der Waals surface area contributed by atoms with Gasteiger partial charge in [0.05, 0.1) is 19.5 Å². The molecule has 98 valence electrons. The lowest BCUT2D eigenvalue weighted by molar-refractivity contribution is 0.0699. The first-order valence-corrected chi connectivity index (χ1v) is 7.09. The maximum Gasteiger partial charge on any atom is 0.208 e. The number of nitrogens with one attached hydrogen (secondary N) is 2. The van der Waals surface area contributed by atoms with Crippen molar-refractivity contribution < 1.29 is 18.6 Å². The fraction of sp³-hybridized carbons (Fsp3) is 1.00. The number of sulfonamides is 1. The van der Waals surface area contributed by atoms with Gasteiger partial charge >= 0.3 is 0 Å². The van der Waals surface area contributed by atoms with E-state index >= 15 is 0 Å². The Balaban J connectivity index is 3.54. The molecule has 0 amide bonds. The van der Waals surface area contributed by atoms with Gasteiger partial charge in [-0.3, -0.25) is 0 Å². The minimum atomic E-state index is -3.11. The minimum absolute atomic E-state index is 0.0852. The summed E-state index contributed by atoms with van der Waals surface area (Å²) < 4.78 is 23.8. The third-order valence-electron chi connectivity index (χ3n) is 2.21. The van der Waals surface area contributed by atoms with Gasteiger partial charge in [0, 0.05) is 18.5 Å². The van der Waals surface area contributed by atoms with Crippen LogP contribution >= 0.6 is 0 Å². The Morgan fingerprint density at radius 1 is 1.19 bits per heavy atom. The molecule has 0 aliphatic rings. The van der Waals surface area contributed by atoms with Crippen LogP contribution in [0.25, 0.3) is 0 Å². The molecule has 0 radical (unpaired) electrons. The Hall–Kier alpha value is -0.210. The summed E-state index contributed by atoms with van der Waals surface area (Å²) in [6.07, 6.45) is 1.79. The minimum Gasteiger partial charge on any atom is -0.396 e.